The number of carboxylic acids is 1. The minimum Gasteiger partial charge on any atom is -0.480 e. The molecule has 0 bridgehead atoms. The molecule has 0 aliphatic heterocycles. The summed E-state index contributed by atoms with van der Waals surface area (Å²) in [5.41, 5.74) is 2.29. The van der Waals surface area contributed by atoms with Crippen LogP contribution in [0.1, 0.15) is 69.2 Å². The highest BCUT2D eigenvalue weighted by molar-refractivity contribution is 6.07. The number of rotatable bonds is 4. The number of carbonyl (C=O) groups is 2. The van der Waals surface area contributed by atoms with Crippen LogP contribution in [0.2, 0.25) is 0 Å². The maximum atomic E-state index is 13.1. The third kappa shape index (κ3) is 3.43. The third-order valence-electron chi connectivity index (χ3n) is 4.55. The molecule has 0 saturated heterocycles. The molecular formula is C19H28N4O3. The number of nitrogens with zero attached hydrogens (tertiary/aromatic N) is 4. The van der Waals surface area contributed by atoms with Gasteiger partial charge in [-0.15, -0.1) is 0 Å². The second kappa shape index (κ2) is 6.70. The number of fused-ring (bicyclic) bond motifs is 1. The molecule has 1 N–H and O–H groups in total. The van der Waals surface area contributed by atoms with Gasteiger partial charge in [0.1, 0.15) is 6.04 Å². The summed E-state index contributed by atoms with van der Waals surface area (Å²) in [6.45, 7) is 13.5. The Kier molecular flexibility index (Phi) is 5.12. The van der Waals surface area contributed by atoms with E-state index in [9.17, 15) is 14.7 Å². The van der Waals surface area contributed by atoms with E-state index in [1.54, 1.807) is 6.07 Å². The molecule has 7 nitrogen and oxygen atoms in total. The van der Waals surface area contributed by atoms with Crippen LogP contribution in [0.4, 0.5) is 0 Å². The van der Waals surface area contributed by atoms with E-state index in [0.29, 0.717) is 22.3 Å². The number of likely N-dealkylation sites (N-methyl/N-ethyl adjacent to an activating group) is 1. The minimum absolute atomic E-state index is 0.122. The number of hydrogen-bond donors (Lipinski definition) is 1. The number of pyridine rings is 1. The molecule has 2 aromatic heterocycles. The molecule has 2 heterocycles. The normalized spacial score (nSPS) is 13.3. The summed E-state index contributed by atoms with van der Waals surface area (Å²) < 4.78 is 1.83. The summed E-state index contributed by atoms with van der Waals surface area (Å²) in [6.07, 6.45) is 0. The summed E-state index contributed by atoms with van der Waals surface area (Å²) >= 11 is 0. The molecule has 0 aromatic carbocycles. The van der Waals surface area contributed by atoms with Gasteiger partial charge in [-0.2, -0.15) is 5.10 Å². The fourth-order valence-corrected chi connectivity index (χ4v) is 2.77. The average Bonchev–Trinajstić information content (AvgIpc) is 2.89. The zero-order valence-electron chi connectivity index (χ0n) is 16.8. The topological polar surface area (TPSA) is 88.3 Å². The number of aryl methyl sites for hydroxylation is 1. The van der Waals surface area contributed by atoms with Gasteiger partial charge in [0.2, 0.25) is 0 Å². The molecular weight excluding hydrogens is 332 g/mol. The van der Waals surface area contributed by atoms with Crippen LogP contribution < -0.4 is 0 Å². The van der Waals surface area contributed by atoms with Crippen molar-refractivity contribution in [3.8, 4) is 0 Å². The van der Waals surface area contributed by atoms with Crippen molar-refractivity contribution in [2.24, 2.45) is 0 Å². The van der Waals surface area contributed by atoms with Gasteiger partial charge in [0.05, 0.1) is 22.2 Å². The summed E-state index contributed by atoms with van der Waals surface area (Å²) in [5.74, 6) is -1.26. The standard InChI is InChI=1S/C19H28N4O3/c1-10(2)14-9-13(17(24)22(8)12(4)18(25)26)15-11(3)21-23(16(15)20-14)19(5,6)7/h9-10,12H,1-8H3,(H,25,26). The van der Waals surface area contributed by atoms with Crippen molar-refractivity contribution < 1.29 is 14.7 Å². The van der Waals surface area contributed by atoms with Crippen molar-refractivity contribution in [2.75, 3.05) is 7.05 Å². The zero-order chi connectivity index (χ0) is 20.0. The second-order valence-corrected chi connectivity index (χ2v) is 8.05. The van der Waals surface area contributed by atoms with Gasteiger partial charge in [0.25, 0.3) is 5.91 Å². The Balaban J connectivity index is 2.78. The molecule has 0 fully saturated rings. The van der Waals surface area contributed by atoms with E-state index in [0.717, 1.165) is 5.69 Å². The first-order valence-electron chi connectivity index (χ1n) is 8.77. The lowest BCUT2D eigenvalue weighted by atomic mass is 10.0. The lowest BCUT2D eigenvalue weighted by Gasteiger charge is -2.23. The average molecular weight is 360 g/mol. The van der Waals surface area contributed by atoms with E-state index in [1.807, 2.05) is 46.2 Å². The van der Waals surface area contributed by atoms with Crippen molar-refractivity contribution in [3.63, 3.8) is 0 Å². The molecule has 0 aliphatic carbocycles. The van der Waals surface area contributed by atoms with Crippen molar-refractivity contribution >= 4 is 22.9 Å². The van der Waals surface area contributed by atoms with Crippen LogP contribution in [-0.2, 0) is 10.3 Å². The van der Waals surface area contributed by atoms with Crippen LogP contribution >= 0.6 is 0 Å². The molecule has 0 radical (unpaired) electrons. The molecule has 1 atom stereocenters. The largest absolute Gasteiger partial charge is 0.480 e. The molecule has 0 spiro atoms. The molecule has 26 heavy (non-hydrogen) atoms. The lowest BCUT2D eigenvalue weighted by molar-refractivity contribution is -0.141. The maximum absolute atomic E-state index is 13.1. The lowest BCUT2D eigenvalue weighted by Crippen LogP contribution is -2.40. The van der Waals surface area contributed by atoms with Crippen LogP contribution in [0.15, 0.2) is 6.07 Å². The Bertz CT molecular complexity index is 862. The Hall–Kier alpha value is -2.44. The quantitative estimate of drug-likeness (QED) is 0.905. The highest BCUT2D eigenvalue weighted by Gasteiger charge is 2.29. The Morgan fingerprint density at radius 2 is 1.81 bits per heavy atom. The van der Waals surface area contributed by atoms with Gasteiger partial charge in [0, 0.05) is 12.7 Å². The fraction of sp³-hybridized carbons (Fsp3) is 0.579. The van der Waals surface area contributed by atoms with Crippen molar-refractivity contribution in [2.45, 2.75) is 66.0 Å². The molecule has 0 aliphatic rings. The van der Waals surface area contributed by atoms with E-state index in [-0.39, 0.29) is 17.4 Å². The SMILES string of the molecule is Cc1nn(C(C)(C)C)c2nc(C(C)C)cc(C(=O)N(C)C(C)C(=O)O)c12. The van der Waals surface area contributed by atoms with Crippen molar-refractivity contribution in [3.05, 3.63) is 23.0 Å². The Morgan fingerprint density at radius 3 is 2.27 bits per heavy atom. The molecule has 142 valence electrons. The van der Waals surface area contributed by atoms with E-state index in [1.165, 1.54) is 18.9 Å². The smallest absolute Gasteiger partial charge is 0.326 e. The van der Waals surface area contributed by atoms with Crippen LogP contribution in [-0.4, -0.2) is 49.7 Å². The zero-order valence-corrected chi connectivity index (χ0v) is 16.8. The first-order valence-corrected chi connectivity index (χ1v) is 8.77. The Labute approximate surface area is 154 Å². The van der Waals surface area contributed by atoms with Gasteiger partial charge in [-0.05, 0) is 46.6 Å². The summed E-state index contributed by atoms with van der Waals surface area (Å²) in [5, 5.41) is 14.5. The van der Waals surface area contributed by atoms with Gasteiger partial charge in [-0.1, -0.05) is 13.8 Å². The Morgan fingerprint density at radius 1 is 1.23 bits per heavy atom. The second-order valence-electron chi connectivity index (χ2n) is 8.05. The number of aromatic nitrogens is 3. The number of carboxylic acid groups (broad SMARTS) is 1. The highest BCUT2D eigenvalue weighted by Crippen LogP contribution is 2.29. The first-order chi connectivity index (χ1) is 11.9. The van der Waals surface area contributed by atoms with E-state index >= 15 is 0 Å². The summed E-state index contributed by atoms with van der Waals surface area (Å²) in [6, 6.07) is 0.841. The molecule has 1 amide bonds. The van der Waals surface area contributed by atoms with E-state index in [2.05, 4.69) is 5.10 Å². The molecule has 0 saturated carbocycles. The number of amides is 1. The number of aliphatic carboxylic acids is 1. The third-order valence-corrected chi connectivity index (χ3v) is 4.55. The van der Waals surface area contributed by atoms with Crippen LogP contribution in [0.3, 0.4) is 0 Å². The minimum atomic E-state index is -1.04. The molecule has 2 rings (SSSR count). The summed E-state index contributed by atoms with van der Waals surface area (Å²) in [4.78, 5) is 30.4. The predicted octanol–water partition coefficient (Wildman–Crippen LogP) is 3.16. The van der Waals surface area contributed by atoms with Gasteiger partial charge in [-0.25, -0.2) is 14.5 Å². The number of hydrogen-bond acceptors (Lipinski definition) is 4. The fourth-order valence-electron chi connectivity index (χ4n) is 2.77. The van der Waals surface area contributed by atoms with Crippen LogP contribution in [0, 0.1) is 6.92 Å². The monoisotopic (exact) mass is 360 g/mol. The summed E-state index contributed by atoms with van der Waals surface area (Å²) in [7, 11) is 1.51. The van der Waals surface area contributed by atoms with Gasteiger partial charge in [0.15, 0.2) is 5.65 Å². The van der Waals surface area contributed by atoms with Gasteiger partial charge < -0.3 is 10.0 Å². The van der Waals surface area contributed by atoms with E-state index in [4.69, 9.17) is 4.98 Å². The van der Waals surface area contributed by atoms with Crippen LogP contribution in [0.5, 0.6) is 0 Å². The number of carbonyl (C=O) groups excluding carboxylic acids is 1. The maximum Gasteiger partial charge on any atom is 0.326 e. The van der Waals surface area contributed by atoms with Gasteiger partial charge in [-0.3, -0.25) is 4.79 Å². The molecule has 7 heteroatoms. The van der Waals surface area contributed by atoms with Crippen LogP contribution in [0.25, 0.3) is 11.0 Å². The van der Waals surface area contributed by atoms with Crippen molar-refractivity contribution in [1.82, 2.24) is 19.7 Å². The first kappa shape index (κ1) is 19.9. The van der Waals surface area contributed by atoms with E-state index < -0.39 is 12.0 Å². The molecule has 1 unspecified atom stereocenters. The predicted molar refractivity (Wildman–Crippen MR) is 101 cm³/mol. The highest BCUT2D eigenvalue weighted by atomic mass is 16.4. The molecule has 2 aromatic rings. The van der Waals surface area contributed by atoms with Crippen molar-refractivity contribution in [1.29, 1.82) is 0 Å². The van der Waals surface area contributed by atoms with Gasteiger partial charge >= 0.3 is 5.97 Å².